The molecule has 2 aromatic heterocycles. The molecule has 0 radical (unpaired) electrons. The van der Waals surface area contributed by atoms with E-state index in [0.717, 1.165) is 58.4 Å². The third-order valence-electron chi connectivity index (χ3n) is 4.81. The van der Waals surface area contributed by atoms with Gasteiger partial charge in [-0.05, 0) is 78.7 Å². The first-order valence-electron chi connectivity index (χ1n) is 10.1. The molecule has 2 N–H and O–H groups in total. The number of azide groups is 1. The molecule has 2 aromatic carbocycles. The monoisotopic (exact) mass is 538 g/mol. The topological polar surface area (TPSA) is 139 Å². The van der Waals surface area contributed by atoms with Crippen LogP contribution in [0.25, 0.3) is 48.2 Å². The number of aromatic nitrogens is 2. The van der Waals surface area contributed by atoms with Crippen LogP contribution in [0.3, 0.4) is 0 Å². The van der Waals surface area contributed by atoms with Crippen LogP contribution in [0.5, 0.6) is 0 Å². The third-order valence-corrected chi connectivity index (χ3v) is 5.37. The SMILES string of the molecule is Fc1ccc2[nH]cc(CCCBr)c2c1.[N-]=[N+]=NCCCc1c[nH]c2ccc(F)cc12.[N-]=[N+]=[N-].[Na+]. The Morgan fingerprint density at radius 2 is 1.29 bits per heavy atom. The number of fused-ring (bicyclic) bond motifs is 2. The van der Waals surface area contributed by atoms with Crippen LogP contribution in [0.15, 0.2) is 53.9 Å². The Bertz CT molecular complexity index is 1260. The number of benzene rings is 2. The predicted octanol–water partition coefficient (Wildman–Crippen LogP) is 5.05. The standard InChI is InChI=1S/C11H11BrFN.C11H11FN4.N3.Na/c12-5-1-2-8-7-14-11-4-3-9(13)6-10(8)11;12-9-3-4-11-10(6-9)8(7-14-11)2-1-5-15-16-13;1-3-2;/h3-4,6-7,14H,1-2,5H2;3-4,6-7,14H,1-2,5H2;;/q;;-1;+1. The number of hydrogen-bond acceptors (Lipinski definition) is 1. The van der Waals surface area contributed by atoms with Crippen LogP contribution in [0.4, 0.5) is 8.78 Å². The summed E-state index contributed by atoms with van der Waals surface area (Å²) in [6, 6.07) is 9.53. The van der Waals surface area contributed by atoms with Gasteiger partial charge in [0.05, 0.1) is 0 Å². The Balaban J connectivity index is 0.000000299. The zero-order valence-electron chi connectivity index (χ0n) is 18.7. The van der Waals surface area contributed by atoms with E-state index in [1.165, 1.54) is 28.7 Å². The molecule has 0 atom stereocenters. The molecule has 8 nitrogen and oxygen atoms in total. The maximum absolute atomic E-state index is 13.1. The van der Waals surface area contributed by atoms with E-state index in [4.69, 9.17) is 16.6 Å². The molecule has 12 heteroatoms. The molecule has 0 unspecified atom stereocenters. The van der Waals surface area contributed by atoms with Gasteiger partial charge in [0.15, 0.2) is 0 Å². The molecule has 0 amide bonds. The second kappa shape index (κ2) is 16.2. The van der Waals surface area contributed by atoms with Gasteiger partial charge in [-0.1, -0.05) is 21.0 Å². The molecule has 172 valence electrons. The largest absolute Gasteiger partial charge is 1.00 e. The van der Waals surface area contributed by atoms with E-state index < -0.39 is 0 Å². The van der Waals surface area contributed by atoms with Gasteiger partial charge < -0.3 is 21.0 Å². The minimum atomic E-state index is -0.233. The molecule has 34 heavy (non-hydrogen) atoms. The van der Waals surface area contributed by atoms with Gasteiger partial charge in [-0.15, -0.1) is 0 Å². The van der Waals surface area contributed by atoms with Crippen molar-refractivity contribution in [2.24, 2.45) is 5.11 Å². The van der Waals surface area contributed by atoms with Crippen molar-refractivity contribution in [3.8, 4) is 0 Å². The molecule has 0 spiro atoms. The van der Waals surface area contributed by atoms with Gasteiger partial charge in [0.1, 0.15) is 11.6 Å². The van der Waals surface area contributed by atoms with Crippen LogP contribution >= 0.6 is 15.9 Å². The Labute approximate surface area is 225 Å². The van der Waals surface area contributed by atoms with Crippen LogP contribution < -0.4 is 29.6 Å². The summed E-state index contributed by atoms with van der Waals surface area (Å²) in [5.74, 6) is -0.402. The maximum atomic E-state index is 13.1. The van der Waals surface area contributed by atoms with Gasteiger partial charge in [-0.25, -0.2) is 8.78 Å². The van der Waals surface area contributed by atoms with E-state index in [9.17, 15) is 8.78 Å². The molecule has 0 fully saturated rings. The molecular weight excluding hydrogens is 517 g/mol. The fourth-order valence-corrected chi connectivity index (χ4v) is 3.64. The Kier molecular flexibility index (Phi) is 14.0. The van der Waals surface area contributed by atoms with Crippen molar-refractivity contribution in [2.75, 3.05) is 11.9 Å². The van der Waals surface area contributed by atoms with Crippen molar-refractivity contribution >= 4 is 37.7 Å². The van der Waals surface area contributed by atoms with Gasteiger partial charge in [0.25, 0.3) is 0 Å². The Morgan fingerprint density at radius 1 is 0.824 bits per heavy atom. The van der Waals surface area contributed by atoms with Crippen LogP contribution in [-0.2, 0) is 12.8 Å². The first kappa shape index (κ1) is 29.5. The summed E-state index contributed by atoms with van der Waals surface area (Å²) in [5.41, 5.74) is 25.8. The van der Waals surface area contributed by atoms with E-state index >= 15 is 0 Å². The number of rotatable bonds is 7. The number of aromatic amines is 2. The first-order chi connectivity index (χ1) is 16.0. The van der Waals surface area contributed by atoms with Crippen molar-refractivity contribution in [1.82, 2.24) is 9.97 Å². The minimum absolute atomic E-state index is 0. The van der Waals surface area contributed by atoms with Gasteiger partial charge in [0, 0.05) is 51.0 Å². The van der Waals surface area contributed by atoms with Crippen LogP contribution in [0.2, 0.25) is 0 Å². The number of nitrogens with one attached hydrogen (secondary N) is 2. The van der Waals surface area contributed by atoms with E-state index in [0.29, 0.717) is 6.54 Å². The molecule has 4 aromatic rings. The summed E-state index contributed by atoms with van der Waals surface area (Å²) >= 11 is 3.39. The summed E-state index contributed by atoms with van der Waals surface area (Å²) in [6.07, 6.45) is 7.45. The molecule has 0 saturated carbocycles. The molecular formula is C22H22BrF2N8Na. The summed E-state index contributed by atoms with van der Waals surface area (Å²) in [4.78, 5) is 10.4. The van der Waals surface area contributed by atoms with E-state index in [1.807, 2.05) is 12.4 Å². The summed E-state index contributed by atoms with van der Waals surface area (Å²) in [6.45, 7) is 0.471. The molecule has 2 heterocycles. The molecule has 0 aliphatic heterocycles. The third kappa shape index (κ3) is 9.02. The Hall–Kier alpha value is -2.52. The Morgan fingerprint density at radius 3 is 1.74 bits per heavy atom. The van der Waals surface area contributed by atoms with Crippen LogP contribution in [0, 0.1) is 11.6 Å². The summed E-state index contributed by atoms with van der Waals surface area (Å²) in [7, 11) is 0. The smallest absolute Gasteiger partial charge is 0.373 e. The van der Waals surface area contributed by atoms with Gasteiger partial charge in [-0.2, -0.15) is 0 Å². The number of hydrogen-bond donors (Lipinski definition) is 2. The van der Waals surface area contributed by atoms with Gasteiger partial charge >= 0.3 is 29.6 Å². The molecule has 0 aliphatic carbocycles. The number of alkyl halides is 1. The summed E-state index contributed by atoms with van der Waals surface area (Å²) in [5, 5.41) is 6.36. The van der Waals surface area contributed by atoms with Gasteiger partial charge in [-0.3, -0.25) is 4.91 Å². The quantitative estimate of drug-likeness (QED) is 0.0811. The second-order valence-corrected chi connectivity index (χ2v) is 7.74. The fraction of sp³-hybridized carbons (Fsp3) is 0.273. The molecule has 0 aliphatic rings. The zero-order valence-corrected chi connectivity index (χ0v) is 22.3. The van der Waals surface area contributed by atoms with Crippen LogP contribution in [0.1, 0.15) is 24.0 Å². The molecule has 0 bridgehead atoms. The number of H-pyrrole nitrogens is 2. The van der Waals surface area contributed by atoms with Crippen molar-refractivity contribution in [1.29, 1.82) is 0 Å². The number of aryl methyl sites for hydroxylation is 2. The normalized spacial score (nSPS) is 9.62. The van der Waals surface area contributed by atoms with E-state index in [-0.39, 0.29) is 41.2 Å². The number of nitrogens with zero attached hydrogens (tertiary/aromatic N) is 6. The molecule has 0 saturated heterocycles. The maximum Gasteiger partial charge on any atom is 1.00 e. The van der Waals surface area contributed by atoms with E-state index in [2.05, 4.69) is 35.9 Å². The second-order valence-electron chi connectivity index (χ2n) is 6.95. The minimum Gasteiger partial charge on any atom is -0.373 e. The number of halogens is 3. The average Bonchev–Trinajstić information content (AvgIpc) is 3.39. The zero-order chi connectivity index (χ0) is 24.1. The van der Waals surface area contributed by atoms with E-state index in [1.54, 1.807) is 18.2 Å². The van der Waals surface area contributed by atoms with Gasteiger partial charge in [0.2, 0.25) is 0 Å². The van der Waals surface area contributed by atoms with Crippen molar-refractivity contribution in [3.63, 3.8) is 0 Å². The molecule has 4 rings (SSSR count). The first-order valence-corrected chi connectivity index (χ1v) is 11.2. The predicted molar refractivity (Wildman–Crippen MR) is 131 cm³/mol. The van der Waals surface area contributed by atoms with Crippen molar-refractivity contribution < 1.29 is 38.3 Å². The van der Waals surface area contributed by atoms with Crippen molar-refractivity contribution in [2.45, 2.75) is 25.7 Å². The van der Waals surface area contributed by atoms with Crippen LogP contribution in [-0.4, -0.2) is 21.8 Å². The summed E-state index contributed by atoms with van der Waals surface area (Å²) < 4.78 is 26.0. The fourth-order valence-electron chi connectivity index (χ4n) is 3.36. The van der Waals surface area contributed by atoms with Crippen molar-refractivity contribution in [3.05, 3.63) is 98.0 Å². The average molecular weight is 539 g/mol.